The average molecular weight is 256 g/mol. The first-order valence-electron chi connectivity index (χ1n) is 6.79. The van der Waals surface area contributed by atoms with Gasteiger partial charge in [0.2, 0.25) is 0 Å². The smallest absolute Gasteiger partial charge is 0.315 e. The third-order valence-corrected chi connectivity index (χ3v) is 5.96. The summed E-state index contributed by atoms with van der Waals surface area (Å²) >= 11 is 1.76. The minimum Gasteiger partial charge on any atom is -0.465 e. The fraction of sp³-hybridized carbons (Fsp3) is 0.929. The number of rotatable bonds is 5. The van der Waals surface area contributed by atoms with Crippen LogP contribution in [0.1, 0.15) is 40.0 Å². The van der Waals surface area contributed by atoms with Gasteiger partial charge in [-0.15, -0.1) is 11.8 Å². The quantitative estimate of drug-likeness (QED) is 0.706. The van der Waals surface area contributed by atoms with Crippen molar-refractivity contribution in [3.63, 3.8) is 0 Å². The summed E-state index contributed by atoms with van der Waals surface area (Å²) < 4.78 is 4.95. The van der Waals surface area contributed by atoms with Crippen molar-refractivity contribution in [2.24, 2.45) is 23.2 Å². The summed E-state index contributed by atoms with van der Waals surface area (Å²) in [5, 5.41) is 0. The van der Waals surface area contributed by atoms with E-state index in [0.29, 0.717) is 17.8 Å². The van der Waals surface area contributed by atoms with E-state index in [1.807, 2.05) is 6.92 Å². The van der Waals surface area contributed by atoms with Crippen molar-refractivity contribution in [3.05, 3.63) is 0 Å². The molecule has 3 atom stereocenters. The maximum absolute atomic E-state index is 11.3. The molecule has 2 nitrogen and oxygen atoms in total. The highest BCUT2D eigenvalue weighted by Crippen LogP contribution is 2.61. The van der Waals surface area contributed by atoms with Gasteiger partial charge in [-0.1, -0.05) is 13.8 Å². The molecule has 3 fully saturated rings. The second kappa shape index (κ2) is 5.21. The van der Waals surface area contributed by atoms with Crippen molar-refractivity contribution in [1.29, 1.82) is 0 Å². The first-order valence-corrected chi connectivity index (χ1v) is 7.94. The lowest BCUT2D eigenvalue weighted by atomic mass is 9.46. The molecule has 2 bridgehead atoms. The Labute approximate surface area is 109 Å². The van der Waals surface area contributed by atoms with Crippen LogP contribution in [0.2, 0.25) is 0 Å². The van der Waals surface area contributed by atoms with Crippen molar-refractivity contribution in [2.45, 2.75) is 40.0 Å². The predicted octanol–water partition coefficient (Wildman–Crippen LogP) is 3.36. The van der Waals surface area contributed by atoms with E-state index < -0.39 is 0 Å². The summed E-state index contributed by atoms with van der Waals surface area (Å²) in [6.45, 7) is 7.21. The molecule has 0 aromatic rings. The Kier molecular flexibility index (Phi) is 4.06. The van der Waals surface area contributed by atoms with Crippen LogP contribution >= 0.6 is 11.8 Å². The molecule has 98 valence electrons. The third-order valence-electron chi connectivity index (χ3n) is 4.86. The molecule has 0 saturated heterocycles. The minimum atomic E-state index is -0.0564. The average Bonchev–Trinajstić information content (AvgIpc) is 2.29. The number of hydrogen-bond acceptors (Lipinski definition) is 3. The lowest BCUT2D eigenvalue weighted by molar-refractivity contribution is -0.139. The lowest BCUT2D eigenvalue weighted by Crippen LogP contribution is -2.52. The normalized spacial score (nSPS) is 33.9. The number of thioether (sulfide) groups is 1. The largest absolute Gasteiger partial charge is 0.465 e. The van der Waals surface area contributed by atoms with Crippen molar-refractivity contribution in [1.82, 2.24) is 0 Å². The number of carbonyl (C=O) groups excluding carboxylic acids is 1. The molecule has 0 amide bonds. The molecule has 3 unspecified atom stereocenters. The Bertz CT molecular complexity index is 286. The van der Waals surface area contributed by atoms with E-state index in [4.69, 9.17) is 4.74 Å². The topological polar surface area (TPSA) is 26.3 Å². The maximum atomic E-state index is 11.3. The van der Waals surface area contributed by atoms with Crippen molar-refractivity contribution in [2.75, 3.05) is 18.1 Å². The van der Waals surface area contributed by atoms with Crippen molar-refractivity contribution < 1.29 is 9.53 Å². The van der Waals surface area contributed by atoms with Crippen LogP contribution in [0.5, 0.6) is 0 Å². The molecule has 0 aromatic heterocycles. The van der Waals surface area contributed by atoms with E-state index in [-0.39, 0.29) is 5.97 Å². The van der Waals surface area contributed by atoms with E-state index in [1.54, 1.807) is 11.8 Å². The molecule has 3 aliphatic rings. The van der Waals surface area contributed by atoms with Gasteiger partial charge in [-0.2, -0.15) is 0 Å². The van der Waals surface area contributed by atoms with Crippen molar-refractivity contribution >= 4 is 17.7 Å². The highest BCUT2D eigenvalue weighted by atomic mass is 32.2. The molecule has 3 heteroatoms. The van der Waals surface area contributed by atoms with E-state index in [0.717, 1.165) is 23.5 Å². The highest BCUT2D eigenvalue weighted by molar-refractivity contribution is 7.99. The molecule has 3 rings (SSSR count). The Morgan fingerprint density at radius 1 is 1.41 bits per heavy atom. The summed E-state index contributed by atoms with van der Waals surface area (Å²) in [4.78, 5) is 11.3. The molecular weight excluding hydrogens is 232 g/mol. The molecule has 17 heavy (non-hydrogen) atoms. The molecule has 0 N–H and O–H groups in total. The molecule has 0 heterocycles. The van der Waals surface area contributed by atoms with E-state index in [9.17, 15) is 4.79 Å². The number of esters is 1. The fourth-order valence-corrected chi connectivity index (χ4v) is 4.73. The van der Waals surface area contributed by atoms with Crippen LogP contribution in [-0.2, 0) is 9.53 Å². The third kappa shape index (κ3) is 2.64. The van der Waals surface area contributed by atoms with Crippen molar-refractivity contribution in [3.8, 4) is 0 Å². The van der Waals surface area contributed by atoms with Gasteiger partial charge < -0.3 is 4.74 Å². The molecule has 3 aliphatic carbocycles. The van der Waals surface area contributed by atoms with Gasteiger partial charge in [0.15, 0.2) is 0 Å². The monoisotopic (exact) mass is 256 g/mol. The Morgan fingerprint density at radius 2 is 2.18 bits per heavy atom. The Morgan fingerprint density at radius 3 is 2.76 bits per heavy atom. The zero-order valence-electron chi connectivity index (χ0n) is 11.2. The zero-order chi connectivity index (χ0) is 12.5. The van der Waals surface area contributed by atoms with Gasteiger partial charge in [-0.05, 0) is 55.1 Å². The summed E-state index contributed by atoms with van der Waals surface area (Å²) in [7, 11) is 0. The van der Waals surface area contributed by atoms with Gasteiger partial charge in [0.25, 0.3) is 0 Å². The molecule has 0 spiro atoms. The van der Waals surface area contributed by atoms with E-state index in [2.05, 4.69) is 13.8 Å². The van der Waals surface area contributed by atoms with E-state index >= 15 is 0 Å². The standard InChI is InChI=1S/C14H24O2S/c1-4-16-13(15)9-17-8-10-5-6-11-7-12(10)14(11,2)3/h10-12H,4-9H2,1-3H3. The fourth-order valence-electron chi connectivity index (χ4n) is 3.66. The predicted molar refractivity (Wildman–Crippen MR) is 72.1 cm³/mol. The Balaban J connectivity index is 1.71. The first kappa shape index (κ1) is 13.3. The van der Waals surface area contributed by atoms with Gasteiger partial charge in [-0.3, -0.25) is 4.79 Å². The molecular formula is C14H24O2S. The summed E-state index contributed by atoms with van der Waals surface area (Å²) in [6.07, 6.45) is 4.19. The van der Waals surface area contributed by atoms with Crippen LogP contribution in [0.25, 0.3) is 0 Å². The highest BCUT2D eigenvalue weighted by Gasteiger charge is 2.53. The summed E-state index contributed by atoms with van der Waals surface area (Å²) in [5.41, 5.74) is 0.563. The molecule has 0 aliphatic heterocycles. The number of carbonyl (C=O) groups is 1. The Hall–Kier alpha value is -0.180. The van der Waals surface area contributed by atoms with Crippen LogP contribution in [-0.4, -0.2) is 24.1 Å². The van der Waals surface area contributed by atoms with Gasteiger partial charge >= 0.3 is 5.97 Å². The number of hydrogen-bond donors (Lipinski definition) is 0. The molecule has 3 saturated carbocycles. The van der Waals surface area contributed by atoms with Crippen LogP contribution in [0.15, 0.2) is 0 Å². The zero-order valence-corrected chi connectivity index (χ0v) is 12.0. The van der Waals surface area contributed by atoms with Gasteiger partial charge in [0.1, 0.15) is 0 Å². The second-order valence-corrected chi connectivity index (χ2v) is 7.05. The summed E-state index contributed by atoms with van der Waals surface area (Å²) in [6, 6.07) is 0. The van der Waals surface area contributed by atoms with Gasteiger partial charge in [0.05, 0.1) is 12.4 Å². The van der Waals surface area contributed by atoms with Crippen LogP contribution < -0.4 is 0 Å². The van der Waals surface area contributed by atoms with E-state index in [1.165, 1.54) is 19.3 Å². The molecule has 0 aromatic carbocycles. The van der Waals surface area contributed by atoms with Gasteiger partial charge in [-0.25, -0.2) is 0 Å². The first-order chi connectivity index (χ1) is 8.05. The summed E-state index contributed by atoms with van der Waals surface area (Å²) in [5.74, 6) is 4.31. The van der Waals surface area contributed by atoms with Crippen LogP contribution in [0, 0.1) is 23.2 Å². The van der Waals surface area contributed by atoms with Crippen LogP contribution in [0.4, 0.5) is 0 Å². The molecule has 0 radical (unpaired) electrons. The minimum absolute atomic E-state index is 0.0564. The van der Waals surface area contributed by atoms with Gasteiger partial charge in [0, 0.05) is 0 Å². The lowest BCUT2D eigenvalue weighted by Gasteiger charge is -2.60. The second-order valence-electron chi connectivity index (χ2n) is 6.02. The number of fused-ring (bicyclic) bond motifs is 2. The number of ether oxygens (including phenoxy) is 1. The maximum Gasteiger partial charge on any atom is 0.315 e. The SMILES string of the molecule is CCOC(=O)CSCC1CCC2CC1C2(C)C. The van der Waals surface area contributed by atoms with Crippen LogP contribution in [0.3, 0.4) is 0 Å².